The maximum absolute atomic E-state index is 12.2. The van der Waals surface area contributed by atoms with Crippen molar-refractivity contribution in [1.29, 1.82) is 0 Å². The largest absolute Gasteiger partial charge is 0.491 e. The number of carbonyl (C=O) groups excluding carboxylic acids is 3. The molecule has 10 heteroatoms. The zero-order valence-electron chi connectivity index (χ0n) is 16.6. The Hall–Kier alpha value is -3.04. The van der Waals surface area contributed by atoms with Gasteiger partial charge in [-0.05, 0) is 49.1 Å². The zero-order chi connectivity index (χ0) is 22.3. The Balaban J connectivity index is 2.02. The van der Waals surface area contributed by atoms with Crippen LogP contribution in [0.2, 0.25) is 5.02 Å². The summed E-state index contributed by atoms with van der Waals surface area (Å²) in [6.07, 6.45) is 1.55. The monoisotopic (exact) mass is 452 g/mol. The molecule has 2 rings (SSSR count). The Labute approximate surface area is 182 Å². The molecule has 2 aromatic rings. The molecule has 1 aromatic heterocycles. The number of halogens is 1. The van der Waals surface area contributed by atoms with Crippen molar-refractivity contribution < 1.29 is 28.6 Å². The fraction of sp³-hybridized carbons (Fsp3) is 0.250. The van der Waals surface area contributed by atoms with Crippen LogP contribution < -0.4 is 20.5 Å². The van der Waals surface area contributed by atoms with Gasteiger partial charge in [0.15, 0.2) is 17.6 Å². The van der Waals surface area contributed by atoms with Crippen molar-refractivity contribution >= 4 is 51.8 Å². The molecule has 2 amide bonds. The lowest BCUT2D eigenvalue weighted by Gasteiger charge is -2.12. The van der Waals surface area contributed by atoms with Crippen molar-refractivity contribution in [1.82, 2.24) is 0 Å². The van der Waals surface area contributed by atoms with Crippen LogP contribution >= 0.6 is 22.9 Å². The summed E-state index contributed by atoms with van der Waals surface area (Å²) in [7, 11) is 1.48. The summed E-state index contributed by atoms with van der Waals surface area (Å²) in [6.45, 7) is 3.65. The van der Waals surface area contributed by atoms with Gasteiger partial charge in [-0.2, -0.15) is 0 Å². The standard InChI is InChI=1S/C20H21ClN2O6S/c1-4-28-15-10-12(9-14(21)17(15)27-3)5-6-16(24)29-11(2)19(26)23-20-13(18(22)25)7-8-30-20/h5-11H,4H2,1-3H3,(H2,22,25)(H,23,26)/b6-5+. The Morgan fingerprint density at radius 1 is 1.33 bits per heavy atom. The van der Waals surface area contributed by atoms with Gasteiger partial charge in [0.1, 0.15) is 5.00 Å². The lowest BCUT2D eigenvalue weighted by atomic mass is 10.2. The maximum atomic E-state index is 12.2. The topological polar surface area (TPSA) is 117 Å². The molecule has 160 valence electrons. The second-order valence-corrected chi connectivity index (χ2v) is 7.22. The summed E-state index contributed by atoms with van der Waals surface area (Å²) < 4.78 is 15.8. The summed E-state index contributed by atoms with van der Waals surface area (Å²) >= 11 is 7.31. The Morgan fingerprint density at radius 3 is 2.70 bits per heavy atom. The number of rotatable bonds is 9. The van der Waals surface area contributed by atoms with E-state index in [4.69, 9.17) is 31.5 Å². The highest BCUT2D eigenvalue weighted by Gasteiger charge is 2.20. The van der Waals surface area contributed by atoms with Crippen LogP contribution in [0.4, 0.5) is 5.00 Å². The van der Waals surface area contributed by atoms with E-state index in [9.17, 15) is 14.4 Å². The molecule has 0 radical (unpaired) electrons. The van der Waals surface area contributed by atoms with Gasteiger partial charge in [0, 0.05) is 6.08 Å². The number of primary amides is 1. The third-order valence-corrected chi connectivity index (χ3v) is 4.89. The van der Waals surface area contributed by atoms with E-state index in [1.54, 1.807) is 17.5 Å². The number of anilines is 1. The Bertz CT molecular complexity index is 972. The van der Waals surface area contributed by atoms with E-state index in [0.717, 1.165) is 17.4 Å². The van der Waals surface area contributed by atoms with Crippen molar-refractivity contribution in [2.24, 2.45) is 5.73 Å². The van der Waals surface area contributed by atoms with E-state index in [2.05, 4.69) is 5.32 Å². The molecular formula is C20H21ClN2O6S. The number of thiophene rings is 1. The average Bonchev–Trinajstić information content (AvgIpc) is 3.15. The third kappa shape index (κ3) is 5.98. The van der Waals surface area contributed by atoms with E-state index >= 15 is 0 Å². The normalized spacial score (nSPS) is 11.7. The minimum absolute atomic E-state index is 0.188. The predicted octanol–water partition coefficient (Wildman–Crippen LogP) is 3.49. The molecule has 30 heavy (non-hydrogen) atoms. The van der Waals surface area contributed by atoms with Crippen LogP contribution in [0.5, 0.6) is 11.5 Å². The van der Waals surface area contributed by atoms with E-state index in [-0.39, 0.29) is 5.56 Å². The molecular weight excluding hydrogens is 432 g/mol. The van der Waals surface area contributed by atoms with E-state index in [0.29, 0.717) is 33.7 Å². The van der Waals surface area contributed by atoms with Gasteiger partial charge in [-0.25, -0.2) is 4.79 Å². The first-order valence-corrected chi connectivity index (χ1v) is 10.1. The number of esters is 1. The number of nitrogens with one attached hydrogen (secondary N) is 1. The fourth-order valence-electron chi connectivity index (χ4n) is 2.39. The number of carbonyl (C=O) groups is 3. The molecule has 3 N–H and O–H groups in total. The van der Waals surface area contributed by atoms with Gasteiger partial charge in [0.05, 0.1) is 24.3 Å². The summed E-state index contributed by atoms with van der Waals surface area (Å²) in [5.74, 6) is -1.15. The molecule has 0 bridgehead atoms. The second kappa shape index (κ2) is 10.7. The number of hydrogen-bond donors (Lipinski definition) is 2. The number of methoxy groups -OCH3 is 1. The van der Waals surface area contributed by atoms with Crippen molar-refractivity contribution in [2.45, 2.75) is 20.0 Å². The van der Waals surface area contributed by atoms with Crippen molar-refractivity contribution in [3.05, 3.63) is 45.8 Å². The molecule has 0 aliphatic rings. The lowest BCUT2D eigenvalue weighted by molar-refractivity contribution is -0.148. The number of amides is 2. The number of hydrogen-bond acceptors (Lipinski definition) is 7. The molecule has 0 fully saturated rings. The lowest BCUT2D eigenvalue weighted by Crippen LogP contribution is -2.29. The highest BCUT2D eigenvalue weighted by Crippen LogP contribution is 2.36. The molecule has 0 aliphatic heterocycles. The van der Waals surface area contributed by atoms with Crippen molar-refractivity contribution in [3.8, 4) is 11.5 Å². The second-order valence-electron chi connectivity index (χ2n) is 5.90. The van der Waals surface area contributed by atoms with Crippen LogP contribution in [0.15, 0.2) is 29.7 Å². The molecule has 0 saturated heterocycles. The number of benzene rings is 1. The molecule has 1 heterocycles. The first kappa shape index (κ1) is 23.2. The highest BCUT2D eigenvalue weighted by atomic mass is 35.5. The van der Waals surface area contributed by atoms with E-state index < -0.39 is 23.9 Å². The zero-order valence-corrected chi connectivity index (χ0v) is 18.1. The number of nitrogens with two attached hydrogens (primary N) is 1. The smallest absolute Gasteiger partial charge is 0.331 e. The van der Waals surface area contributed by atoms with Gasteiger partial charge in [-0.1, -0.05) is 11.6 Å². The molecule has 1 unspecified atom stereocenters. The molecule has 1 atom stereocenters. The average molecular weight is 453 g/mol. The van der Waals surface area contributed by atoms with Crippen LogP contribution in [0.25, 0.3) is 6.08 Å². The molecule has 8 nitrogen and oxygen atoms in total. The Morgan fingerprint density at radius 2 is 2.07 bits per heavy atom. The molecule has 1 aromatic carbocycles. The van der Waals surface area contributed by atoms with Crippen LogP contribution in [-0.2, 0) is 14.3 Å². The van der Waals surface area contributed by atoms with Crippen LogP contribution in [0.3, 0.4) is 0 Å². The molecule has 0 spiro atoms. The highest BCUT2D eigenvalue weighted by molar-refractivity contribution is 7.14. The molecule has 0 saturated carbocycles. The summed E-state index contributed by atoms with van der Waals surface area (Å²) in [6, 6.07) is 4.76. The quantitative estimate of drug-likeness (QED) is 0.444. The number of ether oxygens (including phenoxy) is 3. The van der Waals surface area contributed by atoms with Gasteiger partial charge in [0.25, 0.3) is 11.8 Å². The van der Waals surface area contributed by atoms with Crippen LogP contribution in [0.1, 0.15) is 29.8 Å². The fourth-order valence-corrected chi connectivity index (χ4v) is 3.48. The predicted molar refractivity (Wildman–Crippen MR) is 115 cm³/mol. The van der Waals surface area contributed by atoms with E-state index in [1.165, 1.54) is 26.2 Å². The van der Waals surface area contributed by atoms with Gasteiger partial charge in [-0.15, -0.1) is 11.3 Å². The summed E-state index contributed by atoms with van der Waals surface area (Å²) in [4.78, 5) is 35.6. The van der Waals surface area contributed by atoms with Gasteiger partial charge >= 0.3 is 5.97 Å². The van der Waals surface area contributed by atoms with Crippen molar-refractivity contribution in [3.63, 3.8) is 0 Å². The first-order chi connectivity index (χ1) is 14.3. The minimum Gasteiger partial charge on any atom is -0.491 e. The van der Waals surface area contributed by atoms with Gasteiger partial charge < -0.3 is 25.3 Å². The van der Waals surface area contributed by atoms with E-state index in [1.807, 2.05) is 6.92 Å². The van der Waals surface area contributed by atoms with Crippen molar-refractivity contribution in [2.75, 3.05) is 19.0 Å². The molecule has 0 aliphatic carbocycles. The minimum atomic E-state index is -1.09. The first-order valence-electron chi connectivity index (χ1n) is 8.84. The maximum Gasteiger partial charge on any atom is 0.331 e. The summed E-state index contributed by atoms with van der Waals surface area (Å²) in [5.41, 5.74) is 6.01. The Kier molecular flexibility index (Phi) is 8.25. The third-order valence-electron chi connectivity index (χ3n) is 3.78. The van der Waals surface area contributed by atoms with Gasteiger partial charge in [-0.3, -0.25) is 9.59 Å². The van der Waals surface area contributed by atoms with Crippen LogP contribution in [-0.4, -0.2) is 37.6 Å². The summed E-state index contributed by atoms with van der Waals surface area (Å²) in [5, 5.41) is 4.76. The SMILES string of the molecule is CCOc1cc(/C=C/C(=O)OC(C)C(=O)Nc2sccc2C(N)=O)cc(Cl)c1OC. The van der Waals surface area contributed by atoms with Gasteiger partial charge in [0.2, 0.25) is 0 Å². The van der Waals surface area contributed by atoms with Crippen LogP contribution in [0, 0.1) is 0 Å².